The highest BCUT2D eigenvalue weighted by Crippen LogP contribution is 2.33. The molecule has 0 saturated carbocycles. The third-order valence-corrected chi connectivity index (χ3v) is 2.61. The Morgan fingerprint density at radius 1 is 1.18 bits per heavy atom. The van der Waals surface area contributed by atoms with Gasteiger partial charge in [0, 0.05) is 24.4 Å². The summed E-state index contributed by atoms with van der Waals surface area (Å²) in [6.07, 6.45) is 1.56. The molecule has 1 aromatic carbocycles. The minimum atomic E-state index is -0.277. The van der Waals surface area contributed by atoms with E-state index >= 15 is 0 Å². The highest BCUT2D eigenvalue weighted by Gasteiger charge is 2.11. The van der Waals surface area contributed by atoms with Gasteiger partial charge in [-0.1, -0.05) is 29.8 Å². The Morgan fingerprint density at radius 2 is 1.88 bits per heavy atom. The van der Waals surface area contributed by atoms with E-state index in [9.17, 15) is 4.39 Å². The molecule has 2 rings (SSSR count). The quantitative estimate of drug-likeness (QED) is 0.836. The number of anilines is 1. The predicted octanol–water partition coefficient (Wildman–Crippen LogP) is 4.00. The molecule has 0 fully saturated rings. The normalized spacial score (nSPS) is 9.59. The fourth-order valence-electron chi connectivity index (χ4n) is 1.58. The van der Waals surface area contributed by atoms with Gasteiger partial charge in [-0.15, -0.1) is 12.4 Å². The molecule has 90 valence electrons. The lowest BCUT2D eigenvalue weighted by atomic mass is 10.1. The number of hydrogen-bond donors (Lipinski definition) is 1. The first-order valence-corrected chi connectivity index (χ1v) is 5.19. The smallest absolute Gasteiger partial charge is 0.152 e. The van der Waals surface area contributed by atoms with E-state index in [4.69, 9.17) is 11.6 Å². The molecule has 0 bridgehead atoms. The third-order valence-electron chi connectivity index (χ3n) is 2.32. The Labute approximate surface area is 110 Å². The number of nitrogens with zero attached hydrogens (tertiary/aromatic N) is 1. The summed E-state index contributed by atoms with van der Waals surface area (Å²) < 4.78 is 13.6. The maximum absolute atomic E-state index is 13.6. The Balaban J connectivity index is 0.00000144. The molecule has 17 heavy (non-hydrogen) atoms. The third kappa shape index (κ3) is 2.68. The second kappa shape index (κ2) is 5.84. The zero-order valence-corrected chi connectivity index (χ0v) is 10.6. The summed E-state index contributed by atoms with van der Waals surface area (Å²) in [5.74, 6) is -0.277. The molecule has 0 atom stereocenters. The van der Waals surface area contributed by atoms with Crippen LogP contribution in [0, 0.1) is 5.82 Å². The van der Waals surface area contributed by atoms with Crippen molar-refractivity contribution < 1.29 is 4.39 Å². The Bertz CT molecular complexity index is 518. The van der Waals surface area contributed by atoms with Crippen LogP contribution in [0.25, 0.3) is 11.1 Å². The maximum atomic E-state index is 13.6. The van der Waals surface area contributed by atoms with Crippen LogP contribution in [0.15, 0.2) is 36.5 Å². The van der Waals surface area contributed by atoms with E-state index in [2.05, 4.69) is 10.3 Å². The average Bonchev–Trinajstić information content (AvgIpc) is 2.29. The summed E-state index contributed by atoms with van der Waals surface area (Å²) >= 11 is 5.94. The van der Waals surface area contributed by atoms with Crippen LogP contribution >= 0.6 is 24.0 Å². The van der Waals surface area contributed by atoms with E-state index in [1.807, 2.05) is 0 Å². The zero-order chi connectivity index (χ0) is 11.5. The van der Waals surface area contributed by atoms with Crippen molar-refractivity contribution >= 4 is 29.7 Å². The largest absolute Gasteiger partial charge is 0.385 e. The van der Waals surface area contributed by atoms with E-state index in [0.717, 1.165) is 0 Å². The number of pyridine rings is 1. The van der Waals surface area contributed by atoms with Gasteiger partial charge in [0.1, 0.15) is 5.82 Å². The molecule has 0 radical (unpaired) electrons. The monoisotopic (exact) mass is 272 g/mol. The van der Waals surface area contributed by atoms with Crippen molar-refractivity contribution in [3.8, 4) is 11.1 Å². The number of nitrogens with one attached hydrogen (secondary N) is 1. The minimum absolute atomic E-state index is 0. The number of halogens is 3. The van der Waals surface area contributed by atoms with Gasteiger partial charge in [-0.2, -0.15) is 0 Å². The minimum Gasteiger partial charge on any atom is -0.385 e. The summed E-state index contributed by atoms with van der Waals surface area (Å²) in [6.45, 7) is 0. The maximum Gasteiger partial charge on any atom is 0.152 e. The number of aromatic nitrogens is 1. The van der Waals surface area contributed by atoms with Crippen LogP contribution in [0.4, 0.5) is 10.1 Å². The van der Waals surface area contributed by atoms with Gasteiger partial charge < -0.3 is 5.32 Å². The topological polar surface area (TPSA) is 24.9 Å². The Hall–Kier alpha value is -1.32. The Kier molecular flexibility index (Phi) is 4.73. The zero-order valence-electron chi connectivity index (χ0n) is 9.08. The molecule has 2 nitrogen and oxygen atoms in total. The van der Waals surface area contributed by atoms with Gasteiger partial charge in [-0.05, 0) is 12.1 Å². The lowest BCUT2D eigenvalue weighted by molar-refractivity contribution is 0.631. The fraction of sp³-hybridized carbons (Fsp3) is 0.0833. The van der Waals surface area contributed by atoms with Crippen LogP contribution in [0.2, 0.25) is 5.15 Å². The number of hydrogen-bond acceptors (Lipinski definition) is 2. The molecule has 1 aromatic heterocycles. The molecule has 0 aliphatic rings. The molecule has 0 saturated heterocycles. The highest BCUT2D eigenvalue weighted by molar-refractivity contribution is 6.32. The summed E-state index contributed by atoms with van der Waals surface area (Å²) in [4.78, 5) is 3.95. The summed E-state index contributed by atoms with van der Waals surface area (Å²) in [7, 11) is 1.73. The van der Waals surface area contributed by atoms with Gasteiger partial charge in [0.25, 0.3) is 0 Å². The van der Waals surface area contributed by atoms with Gasteiger partial charge in [-0.25, -0.2) is 9.37 Å². The number of benzene rings is 1. The molecule has 0 aliphatic heterocycles. The molecule has 0 aliphatic carbocycles. The first-order valence-electron chi connectivity index (χ1n) is 4.81. The molecule has 1 N–H and O–H groups in total. The SMILES string of the molecule is CNc1c(-c2ccccc2F)ccnc1Cl.Cl. The van der Waals surface area contributed by atoms with E-state index in [0.29, 0.717) is 22.0 Å². The number of rotatable bonds is 2. The summed E-state index contributed by atoms with van der Waals surface area (Å²) in [5, 5.41) is 3.26. The van der Waals surface area contributed by atoms with Gasteiger partial charge in [0.05, 0.1) is 5.69 Å². The van der Waals surface area contributed by atoms with Crippen molar-refractivity contribution in [2.45, 2.75) is 0 Å². The van der Waals surface area contributed by atoms with Crippen LogP contribution < -0.4 is 5.32 Å². The first kappa shape index (κ1) is 13.7. The molecular weight excluding hydrogens is 262 g/mol. The summed E-state index contributed by atoms with van der Waals surface area (Å²) in [5.41, 5.74) is 1.85. The van der Waals surface area contributed by atoms with Crippen molar-refractivity contribution in [2.75, 3.05) is 12.4 Å². The Morgan fingerprint density at radius 3 is 2.53 bits per heavy atom. The van der Waals surface area contributed by atoms with Crippen molar-refractivity contribution in [3.05, 3.63) is 47.5 Å². The second-order valence-electron chi connectivity index (χ2n) is 3.25. The second-order valence-corrected chi connectivity index (χ2v) is 3.61. The van der Waals surface area contributed by atoms with Crippen molar-refractivity contribution in [2.24, 2.45) is 0 Å². The molecule has 0 spiro atoms. The molecule has 0 amide bonds. The summed E-state index contributed by atoms with van der Waals surface area (Å²) in [6, 6.07) is 8.30. The average molecular weight is 273 g/mol. The lowest BCUT2D eigenvalue weighted by Gasteiger charge is -2.10. The van der Waals surface area contributed by atoms with Crippen LogP contribution in [0.1, 0.15) is 0 Å². The van der Waals surface area contributed by atoms with Crippen molar-refractivity contribution in [1.82, 2.24) is 4.98 Å². The van der Waals surface area contributed by atoms with Crippen LogP contribution in [0.5, 0.6) is 0 Å². The molecule has 1 heterocycles. The first-order chi connectivity index (χ1) is 7.74. The predicted molar refractivity (Wildman–Crippen MR) is 71.4 cm³/mol. The van der Waals surface area contributed by atoms with Crippen LogP contribution in [-0.4, -0.2) is 12.0 Å². The van der Waals surface area contributed by atoms with E-state index < -0.39 is 0 Å². The standard InChI is InChI=1S/C12H10ClFN2.ClH/c1-15-11-9(6-7-16-12(11)13)8-4-2-3-5-10(8)14;/h2-7,15H,1H3;1H. The van der Waals surface area contributed by atoms with Gasteiger partial charge >= 0.3 is 0 Å². The van der Waals surface area contributed by atoms with Crippen molar-refractivity contribution in [1.29, 1.82) is 0 Å². The molecular formula is C12H11Cl2FN2. The van der Waals surface area contributed by atoms with E-state index in [-0.39, 0.29) is 18.2 Å². The molecule has 5 heteroatoms. The van der Waals surface area contributed by atoms with Gasteiger partial charge in [-0.3, -0.25) is 0 Å². The molecule has 2 aromatic rings. The van der Waals surface area contributed by atoms with E-state index in [1.54, 1.807) is 37.5 Å². The van der Waals surface area contributed by atoms with E-state index in [1.165, 1.54) is 6.07 Å². The van der Waals surface area contributed by atoms with Gasteiger partial charge in [0.2, 0.25) is 0 Å². The van der Waals surface area contributed by atoms with Crippen molar-refractivity contribution in [3.63, 3.8) is 0 Å². The highest BCUT2D eigenvalue weighted by atomic mass is 35.5. The molecule has 0 unspecified atom stereocenters. The lowest BCUT2D eigenvalue weighted by Crippen LogP contribution is -1.96. The fourth-order valence-corrected chi connectivity index (χ4v) is 1.83. The van der Waals surface area contributed by atoms with Crippen LogP contribution in [-0.2, 0) is 0 Å². The van der Waals surface area contributed by atoms with Gasteiger partial charge in [0.15, 0.2) is 5.15 Å². The van der Waals surface area contributed by atoms with Crippen LogP contribution in [0.3, 0.4) is 0 Å².